The van der Waals surface area contributed by atoms with Crippen LogP contribution in [0.2, 0.25) is 0 Å². The van der Waals surface area contributed by atoms with Gasteiger partial charge in [0.15, 0.2) is 0 Å². The van der Waals surface area contributed by atoms with E-state index in [4.69, 9.17) is 0 Å². The fourth-order valence-electron chi connectivity index (χ4n) is 3.38. The van der Waals surface area contributed by atoms with Gasteiger partial charge in [0.1, 0.15) is 5.82 Å². The summed E-state index contributed by atoms with van der Waals surface area (Å²) in [5, 5.41) is 6.78. The van der Waals surface area contributed by atoms with Crippen LogP contribution in [0.5, 0.6) is 0 Å². The SMILES string of the molecule is CC(C)CNc1ncccc1C1=NC(=O)N(C)C12CCNCC2. The molecule has 2 aliphatic rings. The number of hydrogen-bond donors (Lipinski definition) is 2. The van der Waals surface area contributed by atoms with Gasteiger partial charge in [-0.2, -0.15) is 4.99 Å². The lowest BCUT2D eigenvalue weighted by atomic mass is 9.80. The summed E-state index contributed by atoms with van der Waals surface area (Å²) in [6.45, 7) is 6.95. The zero-order valence-corrected chi connectivity index (χ0v) is 14.1. The molecule has 0 aromatic carbocycles. The minimum Gasteiger partial charge on any atom is -0.369 e. The largest absolute Gasteiger partial charge is 0.369 e. The monoisotopic (exact) mass is 315 g/mol. The molecule has 2 N–H and O–H groups in total. The van der Waals surface area contributed by atoms with Crippen molar-refractivity contribution in [2.75, 3.05) is 32.0 Å². The van der Waals surface area contributed by atoms with Gasteiger partial charge in [0.25, 0.3) is 0 Å². The molecule has 0 atom stereocenters. The van der Waals surface area contributed by atoms with Gasteiger partial charge < -0.3 is 15.5 Å². The number of piperidine rings is 1. The van der Waals surface area contributed by atoms with Crippen LogP contribution < -0.4 is 10.6 Å². The second kappa shape index (κ2) is 6.28. The Hall–Kier alpha value is -1.95. The van der Waals surface area contributed by atoms with Crippen LogP contribution in [0, 0.1) is 5.92 Å². The Bertz CT molecular complexity index is 619. The molecule has 3 heterocycles. The third-order valence-electron chi connectivity index (χ3n) is 4.75. The zero-order chi connectivity index (χ0) is 16.4. The molecular weight excluding hydrogens is 290 g/mol. The summed E-state index contributed by atoms with van der Waals surface area (Å²) < 4.78 is 0. The lowest BCUT2D eigenvalue weighted by Crippen LogP contribution is -2.55. The molecule has 1 fully saturated rings. The molecule has 2 amide bonds. The molecule has 0 bridgehead atoms. The maximum absolute atomic E-state index is 12.3. The van der Waals surface area contributed by atoms with Crippen molar-refractivity contribution in [2.24, 2.45) is 10.9 Å². The van der Waals surface area contributed by atoms with Gasteiger partial charge in [-0.1, -0.05) is 13.8 Å². The third-order valence-corrected chi connectivity index (χ3v) is 4.75. The van der Waals surface area contributed by atoms with Crippen LogP contribution in [-0.2, 0) is 0 Å². The first-order valence-electron chi connectivity index (χ1n) is 8.31. The van der Waals surface area contributed by atoms with E-state index in [1.165, 1.54) is 0 Å². The molecule has 23 heavy (non-hydrogen) atoms. The van der Waals surface area contributed by atoms with Crippen LogP contribution >= 0.6 is 0 Å². The number of likely N-dealkylation sites (N-methyl/N-ethyl adjacent to an activating group) is 1. The molecule has 2 aliphatic heterocycles. The van der Waals surface area contributed by atoms with Crippen LogP contribution in [0.1, 0.15) is 32.3 Å². The van der Waals surface area contributed by atoms with Gasteiger partial charge in [0, 0.05) is 25.4 Å². The molecule has 6 heteroatoms. The Morgan fingerprint density at radius 2 is 2.13 bits per heavy atom. The van der Waals surface area contributed by atoms with Crippen LogP contribution in [0.15, 0.2) is 23.3 Å². The topological polar surface area (TPSA) is 69.6 Å². The van der Waals surface area contributed by atoms with Gasteiger partial charge >= 0.3 is 6.03 Å². The minimum absolute atomic E-state index is 0.152. The van der Waals surface area contributed by atoms with Gasteiger partial charge in [-0.05, 0) is 44.0 Å². The average molecular weight is 315 g/mol. The van der Waals surface area contributed by atoms with Crippen molar-refractivity contribution in [3.63, 3.8) is 0 Å². The van der Waals surface area contributed by atoms with E-state index in [1.54, 1.807) is 6.20 Å². The van der Waals surface area contributed by atoms with Gasteiger partial charge in [0.05, 0.1) is 11.3 Å². The van der Waals surface area contributed by atoms with E-state index >= 15 is 0 Å². The molecule has 1 saturated heterocycles. The first-order valence-corrected chi connectivity index (χ1v) is 8.31. The number of pyridine rings is 1. The molecule has 1 spiro atoms. The van der Waals surface area contributed by atoms with E-state index < -0.39 is 0 Å². The number of nitrogens with zero attached hydrogens (tertiary/aromatic N) is 3. The third kappa shape index (κ3) is 2.83. The van der Waals surface area contributed by atoms with E-state index in [0.717, 1.165) is 49.6 Å². The standard InChI is InChI=1S/C17H25N5O/c1-12(2)11-20-15-13(5-4-8-19-15)14-17(6-9-18-10-7-17)22(3)16(23)21-14/h4-5,8,12,18H,6-7,9-11H2,1-3H3,(H,19,20). The predicted octanol–water partition coefficient (Wildman–Crippen LogP) is 2.13. The number of carbonyl (C=O) groups excluding carboxylic acids is 1. The molecular formula is C17H25N5O. The smallest absolute Gasteiger partial charge is 0.344 e. The lowest BCUT2D eigenvalue weighted by molar-refractivity contribution is 0.170. The average Bonchev–Trinajstić information content (AvgIpc) is 2.79. The van der Waals surface area contributed by atoms with Gasteiger partial charge in [-0.25, -0.2) is 9.78 Å². The second-order valence-corrected chi connectivity index (χ2v) is 6.76. The van der Waals surface area contributed by atoms with E-state index in [0.29, 0.717) is 5.92 Å². The Morgan fingerprint density at radius 1 is 1.39 bits per heavy atom. The normalized spacial score (nSPS) is 20.3. The van der Waals surface area contributed by atoms with Crippen molar-refractivity contribution in [1.82, 2.24) is 15.2 Å². The summed E-state index contributed by atoms with van der Waals surface area (Å²) in [6.07, 6.45) is 3.54. The van der Waals surface area contributed by atoms with Crippen molar-refractivity contribution in [1.29, 1.82) is 0 Å². The summed E-state index contributed by atoms with van der Waals surface area (Å²) in [4.78, 5) is 23.0. The maximum atomic E-state index is 12.3. The second-order valence-electron chi connectivity index (χ2n) is 6.76. The van der Waals surface area contributed by atoms with Crippen molar-refractivity contribution in [3.8, 4) is 0 Å². The number of nitrogens with one attached hydrogen (secondary N) is 2. The summed E-state index contributed by atoms with van der Waals surface area (Å²) in [5.41, 5.74) is 1.51. The summed E-state index contributed by atoms with van der Waals surface area (Å²) in [6, 6.07) is 3.78. The number of hydrogen-bond acceptors (Lipinski definition) is 4. The highest BCUT2D eigenvalue weighted by Gasteiger charge is 2.48. The first-order chi connectivity index (χ1) is 11.0. The quantitative estimate of drug-likeness (QED) is 0.893. The van der Waals surface area contributed by atoms with Crippen molar-refractivity contribution in [3.05, 3.63) is 23.9 Å². The Balaban J connectivity index is 1.99. The summed E-state index contributed by atoms with van der Waals surface area (Å²) in [7, 11) is 1.86. The Kier molecular flexibility index (Phi) is 4.35. The van der Waals surface area contributed by atoms with E-state index in [2.05, 4.69) is 34.5 Å². The van der Waals surface area contributed by atoms with Crippen molar-refractivity contribution >= 4 is 17.6 Å². The fraction of sp³-hybridized carbons (Fsp3) is 0.588. The van der Waals surface area contributed by atoms with Crippen LogP contribution in [0.3, 0.4) is 0 Å². The van der Waals surface area contributed by atoms with Crippen molar-refractivity contribution in [2.45, 2.75) is 32.2 Å². The molecule has 1 aromatic heterocycles. The van der Waals surface area contributed by atoms with E-state index in [1.807, 2.05) is 24.1 Å². The molecule has 0 saturated carbocycles. The molecule has 0 unspecified atom stereocenters. The van der Waals surface area contributed by atoms with Crippen LogP contribution in [0.4, 0.5) is 10.6 Å². The molecule has 124 valence electrons. The van der Waals surface area contributed by atoms with Gasteiger partial charge in [0.2, 0.25) is 0 Å². The Labute approximate surface area is 137 Å². The zero-order valence-electron chi connectivity index (χ0n) is 14.1. The highest BCUT2D eigenvalue weighted by atomic mass is 16.2. The van der Waals surface area contributed by atoms with Crippen molar-refractivity contribution < 1.29 is 4.79 Å². The molecule has 0 aliphatic carbocycles. The molecule has 3 rings (SSSR count). The van der Waals surface area contributed by atoms with Crippen LogP contribution in [0.25, 0.3) is 0 Å². The maximum Gasteiger partial charge on any atom is 0.344 e. The summed E-state index contributed by atoms with van der Waals surface area (Å²) >= 11 is 0. The predicted molar refractivity (Wildman–Crippen MR) is 92.1 cm³/mol. The number of aromatic nitrogens is 1. The number of carbonyl (C=O) groups is 1. The summed E-state index contributed by atoms with van der Waals surface area (Å²) in [5.74, 6) is 1.34. The van der Waals surface area contributed by atoms with Crippen LogP contribution in [-0.4, -0.2) is 53.8 Å². The van der Waals surface area contributed by atoms with E-state index in [-0.39, 0.29) is 11.6 Å². The van der Waals surface area contributed by atoms with E-state index in [9.17, 15) is 4.79 Å². The fourth-order valence-corrected chi connectivity index (χ4v) is 3.38. The van der Waals surface area contributed by atoms with Gasteiger partial charge in [-0.15, -0.1) is 0 Å². The molecule has 0 radical (unpaired) electrons. The Morgan fingerprint density at radius 3 is 2.83 bits per heavy atom. The number of amides is 2. The molecule has 6 nitrogen and oxygen atoms in total. The number of urea groups is 1. The van der Waals surface area contributed by atoms with Gasteiger partial charge in [-0.3, -0.25) is 0 Å². The highest BCUT2D eigenvalue weighted by molar-refractivity contribution is 6.18. The first kappa shape index (κ1) is 15.9. The minimum atomic E-state index is -0.306. The molecule has 1 aromatic rings. The lowest BCUT2D eigenvalue weighted by Gasteiger charge is -2.40. The number of rotatable bonds is 4. The number of anilines is 1. The number of aliphatic imine (C=N–C) groups is 1. The highest BCUT2D eigenvalue weighted by Crippen LogP contribution is 2.36.